The van der Waals surface area contributed by atoms with Crippen molar-refractivity contribution in [3.05, 3.63) is 40.7 Å². The Morgan fingerprint density at radius 2 is 2.08 bits per heavy atom. The predicted octanol–water partition coefficient (Wildman–Crippen LogP) is 2.58. The molecule has 0 bridgehead atoms. The molecular formula is C16H18N2O5S. The Morgan fingerprint density at radius 3 is 2.71 bits per heavy atom. The Labute approximate surface area is 143 Å². The van der Waals surface area contributed by atoms with E-state index in [0.29, 0.717) is 15.4 Å². The number of carbonyl (C=O) groups excluding carboxylic acids is 3. The minimum Gasteiger partial charge on any atom is -0.464 e. The lowest BCUT2D eigenvalue weighted by molar-refractivity contribution is -0.144. The van der Waals surface area contributed by atoms with Crippen LogP contribution in [-0.4, -0.2) is 30.4 Å². The summed E-state index contributed by atoms with van der Waals surface area (Å²) in [6.45, 7) is 5.26. The van der Waals surface area contributed by atoms with Crippen LogP contribution < -0.4 is 10.6 Å². The van der Waals surface area contributed by atoms with E-state index in [1.54, 1.807) is 39.0 Å². The fourth-order valence-electron chi connectivity index (χ4n) is 1.94. The molecular weight excluding hydrogens is 332 g/mol. The Morgan fingerprint density at radius 1 is 1.33 bits per heavy atom. The Bertz CT molecular complexity index is 736. The van der Waals surface area contributed by atoms with Gasteiger partial charge in [-0.25, -0.2) is 4.79 Å². The summed E-state index contributed by atoms with van der Waals surface area (Å²) >= 11 is 1.12. The van der Waals surface area contributed by atoms with Gasteiger partial charge < -0.3 is 19.8 Å². The molecule has 1 atom stereocenters. The van der Waals surface area contributed by atoms with E-state index in [-0.39, 0.29) is 12.4 Å². The first-order valence-corrected chi connectivity index (χ1v) is 8.16. The number of aryl methyl sites for hydroxylation is 1. The van der Waals surface area contributed by atoms with Gasteiger partial charge in [-0.15, -0.1) is 11.3 Å². The molecule has 24 heavy (non-hydrogen) atoms. The lowest BCUT2D eigenvalue weighted by Crippen LogP contribution is -2.39. The van der Waals surface area contributed by atoms with Crippen molar-refractivity contribution in [1.82, 2.24) is 5.32 Å². The van der Waals surface area contributed by atoms with Gasteiger partial charge in [0.1, 0.15) is 6.04 Å². The number of hydrogen-bond acceptors (Lipinski definition) is 6. The van der Waals surface area contributed by atoms with Crippen LogP contribution in [0.3, 0.4) is 0 Å². The molecule has 1 unspecified atom stereocenters. The maximum Gasteiger partial charge on any atom is 0.328 e. The van der Waals surface area contributed by atoms with Crippen LogP contribution in [0.2, 0.25) is 0 Å². The second-order valence-corrected chi connectivity index (χ2v) is 6.05. The molecule has 0 saturated carbocycles. The van der Waals surface area contributed by atoms with Gasteiger partial charge in [-0.3, -0.25) is 9.59 Å². The lowest BCUT2D eigenvalue weighted by atomic mass is 10.2. The summed E-state index contributed by atoms with van der Waals surface area (Å²) in [4.78, 5) is 36.2. The van der Waals surface area contributed by atoms with Crippen LogP contribution in [0.4, 0.5) is 5.00 Å². The van der Waals surface area contributed by atoms with Crippen molar-refractivity contribution >= 4 is 34.1 Å². The maximum absolute atomic E-state index is 12.3. The maximum atomic E-state index is 12.3. The molecule has 0 saturated heterocycles. The van der Waals surface area contributed by atoms with Crippen LogP contribution in [-0.2, 0) is 9.53 Å². The van der Waals surface area contributed by atoms with Gasteiger partial charge in [0.15, 0.2) is 5.76 Å². The van der Waals surface area contributed by atoms with E-state index in [4.69, 9.17) is 9.15 Å². The smallest absolute Gasteiger partial charge is 0.328 e. The van der Waals surface area contributed by atoms with Crippen molar-refractivity contribution in [2.75, 3.05) is 11.9 Å². The Kier molecular flexibility index (Phi) is 5.75. The zero-order valence-corrected chi connectivity index (χ0v) is 14.4. The lowest BCUT2D eigenvalue weighted by Gasteiger charge is -2.12. The molecule has 2 rings (SSSR count). The van der Waals surface area contributed by atoms with Crippen molar-refractivity contribution in [3.8, 4) is 0 Å². The molecule has 0 fully saturated rings. The van der Waals surface area contributed by atoms with Crippen molar-refractivity contribution in [2.45, 2.75) is 26.8 Å². The van der Waals surface area contributed by atoms with Crippen molar-refractivity contribution < 1.29 is 23.5 Å². The highest BCUT2D eigenvalue weighted by atomic mass is 32.1. The van der Waals surface area contributed by atoms with Crippen LogP contribution in [0.1, 0.15) is 39.6 Å². The molecule has 2 aromatic rings. The van der Waals surface area contributed by atoms with E-state index in [1.807, 2.05) is 0 Å². The van der Waals surface area contributed by atoms with Gasteiger partial charge in [0, 0.05) is 0 Å². The van der Waals surface area contributed by atoms with E-state index < -0.39 is 23.8 Å². The molecule has 7 nitrogen and oxygen atoms in total. The highest BCUT2D eigenvalue weighted by molar-refractivity contribution is 7.18. The third-order valence-corrected chi connectivity index (χ3v) is 4.24. The highest BCUT2D eigenvalue weighted by Crippen LogP contribution is 2.27. The fraction of sp³-hybridized carbons (Fsp3) is 0.312. The summed E-state index contributed by atoms with van der Waals surface area (Å²) in [5.41, 5.74) is 0.698. The van der Waals surface area contributed by atoms with Crippen LogP contribution in [0, 0.1) is 6.92 Å². The molecule has 2 amide bonds. The minimum atomic E-state index is -0.750. The Balaban J connectivity index is 2.04. The van der Waals surface area contributed by atoms with E-state index in [0.717, 1.165) is 11.3 Å². The van der Waals surface area contributed by atoms with Crippen molar-refractivity contribution in [2.24, 2.45) is 0 Å². The molecule has 0 aromatic carbocycles. The monoisotopic (exact) mass is 350 g/mol. The average molecular weight is 350 g/mol. The number of nitrogens with one attached hydrogen (secondary N) is 2. The summed E-state index contributed by atoms with van der Waals surface area (Å²) in [5, 5.41) is 5.77. The minimum absolute atomic E-state index is 0.183. The number of hydrogen-bond donors (Lipinski definition) is 2. The summed E-state index contributed by atoms with van der Waals surface area (Å²) in [6, 6.07) is 4.10. The first-order chi connectivity index (χ1) is 11.4. The number of carbonyl (C=O) groups is 3. The highest BCUT2D eigenvalue weighted by Gasteiger charge is 2.21. The first-order valence-electron chi connectivity index (χ1n) is 7.35. The molecule has 128 valence electrons. The third kappa shape index (κ3) is 4.23. The first kappa shape index (κ1) is 17.7. The SMILES string of the molecule is CCOC(=O)C(C)NC(=O)c1sc(NC(=O)c2ccco2)cc1C. The molecule has 0 spiro atoms. The van der Waals surface area contributed by atoms with Crippen molar-refractivity contribution in [3.63, 3.8) is 0 Å². The van der Waals surface area contributed by atoms with Gasteiger partial charge in [-0.1, -0.05) is 0 Å². The topological polar surface area (TPSA) is 97.6 Å². The molecule has 8 heteroatoms. The summed E-state index contributed by atoms with van der Waals surface area (Å²) in [5.74, 6) is -1.10. The van der Waals surface area contributed by atoms with Crippen molar-refractivity contribution in [1.29, 1.82) is 0 Å². The van der Waals surface area contributed by atoms with Gasteiger partial charge in [-0.05, 0) is 44.5 Å². The summed E-state index contributed by atoms with van der Waals surface area (Å²) in [6.07, 6.45) is 1.41. The standard InChI is InChI=1S/C16H18N2O5S/c1-4-22-16(21)10(3)17-15(20)13-9(2)8-12(24-13)18-14(19)11-6-5-7-23-11/h5-8,10H,4H2,1-3H3,(H,17,20)(H,18,19). The fourth-order valence-corrected chi connectivity index (χ4v) is 2.91. The zero-order valence-electron chi connectivity index (χ0n) is 13.5. The van der Waals surface area contributed by atoms with Gasteiger partial charge >= 0.3 is 5.97 Å². The number of furan rings is 1. The summed E-state index contributed by atoms with van der Waals surface area (Å²) in [7, 11) is 0. The molecule has 2 aromatic heterocycles. The van der Waals surface area contributed by atoms with Gasteiger partial charge in [0.05, 0.1) is 22.7 Å². The number of ether oxygens (including phenoxy) is 1. The quantitative estimate of drug-likeness (QED) is 0.781. The largest absolute Gasteiger partial charge is 0.464 e. The zero-order chi connectivity index (χ0) is 17.7. The number of anilines is 1. The number of rotatable bonds is 6. The molecule has 0 radical (unpaired) electrons. The van der Waals surface area contributed by atoms with E-state index in [2.05, 4.69) is 10.6 Å². The molecule has 0 aliphatic carbocycles. The van der Waals surface area contributed by atoms with Crippen LogP contribution >= 0.6 is 11.3 Å². The van der Waals surface area contributed by atoms with E-state index in [1.165, 1.54) is 6.26 Å². The molecule has 2 heterocycles. The predicted molar refractivity (Wildman–Crippen MR) is 89.3 cm³/mol. The number of amides is 2. The molecule has 2 N–H and O–H groups in total. The summed E-state index contributed by atoms with van der Waals surface area (Å²) < 4.78 is 9.87. The van der Waals surface area contributed by atoms with Gasteiger partial charge in [0.2, 0.25) is 0 Å². The van der Waals surface area contributed by atoms with E-state index >= 15 is 0 Å². The molecule has 0 aliphatic heterocycles. The van der Waals surface area contributed by atoms with Crippen LogP contribution in [0.5, 0.6) is 0 Å². The number of esters is 1. The third-order valence-electron chi connectivity index (χ3n) is 3.09. The average Bonchev–Trinajstić information content (AvgIpc) is 3.17. The van der Waals surface area contributed by atoms with E-state index in [9.17, 15) is 14.4 Å². The van der Waals surface area contributed by atoms with Gasteiger partial charge in [0.25, 0.3) is 11.8 Å². The normalized spacial score (nSPS) is 11.6. The second-order valence-electron chi connectivity index (χ2n) is 5.00. The number of thiophene rings is 1. The van der Waals surface area contributed by atoms with Crippen LogP contribution in [0.25, 0.3) is 0 Å². The second kappa shape index (κ2) is 7.78. The Hall–Kier alpha value is -2.61. The molecule has 0 aliphatic rings. The van der Waals surface area contributed by atoms with Gasteiger partial charge in [-0.2, -0.15) is 0 Å². The van der Waals surface area contributed by atoms with Crippen LogP contribution in [0.15, 0.2) is 28.9 Å².